The number of nitrogens with zero attached hydrogens (tertiary/aromatic N) is 1. The maximum Gasteiger partial charge on any atom is 0.573 e. The van der Waals surface area contributed by atoms with Crippen LogP contribution in [0.4, 0.5) is 18.9 Å². The van der Waals surface area contributed by atoms with Crippen molar-refractivity contribution in [2.75, 3.05) is 5.32 Å². The summed E-state index contributed by atoms with van der Waals surface area (Å²) in [7, 11) is 0. The van der Waals surface area contributed by atoms with Gasteiger partial charge in [0.05, 0.1) is 0 Å². The smallest absolute Gasteiger partial charge is 0.422 e. The summed E-state index contributed by atoms with van der Waals surface area (Å²) in [5.41, 5.74) is -0.310. The van der Waals surface area contributed by atoms with Crippen LogP contribution in [0.25, 0.3) is 0 Å². The first-order valence-electron chi connectivity index (χ1n) is 8.13. The highest BCUT2D eigenvalue weighted by Gasteiger charge is 2.31. The molecule has 0 saturated heterocycles. The predicted octanol–water partition coefficient (Wildman–Crippen LogP) is 4.35. The summed E-state index contributed by atoms with van der Waals surface area (Å²) in [6.45, 7) is 1.43. The molecule has 1 heterocycles. The van der Waals surface area contributed by atoms with Crippen LogP contribution < -0.4 is 14.8 Å². The molecule has 2 aromatic carbocycles. The molecule has 1 amide bonds. The number of ether oxygens (including phenoxy) is 2. The molecule has 0 aliphatic heterocycles. The van der Waals surface area contributed by atoms with Crippen molar-refractivity contribution in [2.45, 2.75) is 13.3 Å². The van der Waals surface area contributed by atoms with Gasteiger partial charge in [-0.2, -0.15) is 0 Å². The van der Waals surface area contributed by atoms with Gasteiger partial charge in [0.1, 0.15) is 22.8 Å². The van der Waals surface area contributed by atoms with Crippen molar-refractivity contribution >= 4 is 17.6 Å². The molecule has 0 unspecified atom stereocenters. The minimum atomic E-state index is -4.82. The summed E-state index contributed by atoms with van der Waals surface area (Å²) in [5, 5.41) is 6.02. The molecule has 0 aliphatic carbocycles. The zero-order valence-corrected chi connectivity index (χ0v) is 14.8. The fourth-order valence-corrected chi connectivity index (χ4v) is 2.36. The first-order valence-corrected chi connectivity index (χ1v) is 8.13. The molecule has 0 bridgehead atoms. The summed E-state index contributed by atoms with van der Waals surface area (Å²) >= 11 is 0. The van der Waals surface area contributed by atoms with Gasteiger partial charge in [-0.15, -0.1) is 13.2 Å². The number of esters is 1. The van der Waals surface area contributed by atoms with Crippen LogP contribution in [0, 0.1) is 6.92 Å². The van der Waals surface area contributed by atoms with E-state index < -0.39 is 24.0 Å². The summed E-state index contributed by atoms with van der Waals surface area (Å²) in [6.07, 6.45) is -4.82. The Hall–Kier alpha value is -3.82. The zero-order chi connectivity index (χ0) is 21.0. The van der Waals surface area contributed by atoms with Crippen LogP contribution in [0.3, 0.4) is 0 Å². The molecule has 0 fully saturated rings. The van der Waals surface area contributed by atoms with E-state index in [9.17, 15) is 22.8 Å². The van der Waals surface area contributed by atoms with Crippen molar-refractivity contribution in [1.82, 2.24) is 5.16 Å². The Morgan fingerprint density at radius 1 is 1.00 bits per heavy atom. The van der Waals surface area contributed by atoms with Crippen LogP contribution in [-0.4, -0.2) is 23.4 Å². The summed E-state index contributed by atoms with van der Waals surface area (Å²) in [6, 6.07) is 12.7. The number of rotatable bonds is 5. The van der Waals surface area contributed by atoms with E-state index in [1.165, 1.54) is 19.1 Å². The minimum absolute atomic E-state index is 0.0690. The number of amides is 1. The van der Waals surface area contributed by atoms with E-state index in [0.29, 0.717) is 0 Å². The topological polar surface area (TPSA) is 90.7 Å². The average Bonchev–Trinajstić information content (AvgIpc) is 3.05. The van der Waals surface area contributed by atoms with Crippen molar-refractivity contribution in [1.29, 1.82) is 0 Å². The third-order valence-corrected chi connectivity index (χ3v) is 3.58. The van der Waals surface area contributed by atoms with E-state index in [-0.39, 0.29) is 28.5 Å². The third-order valence-electron chi connectivity index (χ3n) is 3.58. The molecule has 0 atom stereocenters. The fourth-order valence-electron chi connectivity index (χ4n) is 2.36. The van der Waals surface area contributed by atoms with Crippen LogP contribution in [0.1, 0.15) is 26.6 Å². The van der Waals surface area contributed by atoms with Crippen molar-refractivity contribution in [3.8, 4) is 11.5 Å². The van der Waals surface area contributed by atoms with E-state index >= 15 is 0 Å². The second-order valence-corrected chi connectivity index (χ2v) is 5.69. The van der Waals surface area contributed by atoms with Crippen molar-refractivity contribution in [3.63, 3.8) is 0 Å². The Labute approximate surface area is 162 Å². The molecule has 1 N–H and O–H groups in total. The van der Waals surface area contributed by atoms with Crippen LogP contribution in [0.15, 0.2) is 59.1 Å². The zero-order valence-electron chi connectivity index (χ0n) is 14.8. The van der Waals surface area contributed by atoms with Gasteiger partial charge in [0, 0.05) is 5.69 Å². The highest BCUT2D eigenvalue weighted by molar-refractivity contribution is 6.11. The lowest BCUT2D eigenvalue weighted by Gasteiger charge is -2.10. The molecule has 3 aromatic rings. The van der Waals surface area contributed by atoms with Crippen molar-refractivity contribution in [2.24, 2.45) is 0 Å². The van der Waals surface area contributed by atoms with Crippen LogP contribution in [0.5, 0.6) is 11.5 Å². The molecule has 7 nitrogen and oxygen atoms in total. The third kappa shape index (κ3) is 5.12. The summed E-state index contributed by atoms with van der Waals surface area (Å²) < 4.78 is 50.5. The molecule has 3 rings (SSSR count). The predicted molar refractivity (Wildman–Crippen MR) is 93.7 cm³/mol. The Bertz CT molecular complexity index is 1010. The number of benzene rings is 2. The number of nitrogens with one attached hydrogen (secondary N) is 1. The SMILES string of the molecule is Cc1onc(C(=O)Oc2ccccc2)c1C(=O)Nc1ccc(OC(F)(F)F)cc1. The van der Waals surface area contributed by atoms with Gasteiger partial charge < -0.3 is 19.3 Å². The molecule has 0 radical (unpaired) electrons. The van der Waals surface area contributed by atoms with Gasteiger partial charge in [0.2, 0.25) is 5.69 Å². The van der Waals surface area contributed by atoms with Crippen LogP contribution in [0.2, 0.25) is 0 Å². The summed E-state index contributed by atoms with van der Waals surface area (Å²) in [4.78, 5) is 24.9. The van der Waals surface area contributed by atoms with Gasteiger partial charge in [-0.1, -0.05) is 23.4 Å². The second kappa shape index (κ2) is 8.05. The van der Waals surface area contributed by atoms with E-state index in [0.717, 1.165) is 12.1 Å². The minimum Gasteiger partial charge on any atom is -0.422 e. The summed E-state index contributed by atoms with van der Waals surface area (Å²) in [5.74, 6) is -1.76. The van der Waals surface area contributed by atoms with Gasteiger partial charge >= 0.3 is 12.3 Å². The number of carbonyl (C=O) groups is 2. The average molecular weight is 406 g/mol. The lowest BCUT2D eigenvalue weighted by Crippen LogP contribution is -2.19. The molecular formula is C19H13F3N2O5. The van der Waals surface area contributed by atoms with Crippen LogP contribution in [-0.2, 0) is 0 Å². The first-order chi connectivity index (χ1) is 13.7. The number of alkyl halides is 3. The monoisotopic (exact) mass is 406 g/mol. The second-order valence-electron chi connectivity index (χ2n) is 5.69. The maximum absolute atomic E-state index is 12.6. The van der Waals surface area contributed by atoms with Gasteiger partial charge in [-0.05, 0) is 43.3 Å². The number of anilines is 1. The molecule has 29 heavy (non-hydrogen) atoms. The Kier molecular flexibility index (Phi) is 5.53. The number of hydrogen-bond donors (Lipinski definition) is 1. The maximum atomic E-state index is 12.6. The quantitative estimate of drug-likeness (QED) is 0.500. The number of aromatic nitrogens is 1. The molecular weight excluding hydrogens is 393 g/mol. The Morgan fingerprint density at radius 2 is 1.66 bits per heavy atom. The Morgan fingerprint density at radius 3 is 2.28 bits per heavy atom. The first kappa shape index (κ1) is 19.9. The number of aryl methyl sites for hydroxylation is 1. The number of carbonyl (C=O) groups excluding carboxylic acids is 2. The highest BCUT2D eigenvalue weighted by atomic mass is 19.4. The molecule has 10 heteroatoms. The number of hydrogen-bond acceptors (Lipinski definition) is 6. The normalized spacial score (nSPS) is 11.0. The Balaban J connectivity index is 1.74. The number of halogens is 3. The van der Waals surface area contributed by atoms with E-state index in [2.05, 4.69) is 15.2 Å². The highest BCUT2D eigenvalue weighted by Crippen LogP contribution is 2.25. The van der Waals surface area contributed by atoms with Gasteiger partial charge in [-0.25, -0.2) is 4.79 Å². The van der Waals surface area contributed by atoms with Gasteiger partial charge in [0.15, 0.2) is 0 Å². The molecule has 1 aromatic heterocycles. The lowest BCUT2D eigenvalue weighted by molar-refractivity contribution is -0.274. The van der Waals surface area contributed by atoms with E-state index in [4.69, 9.17) is 9.26 Å². The van der Waals surface area contributed by atoms with Gasteiger partial charge in [-0.3, -0.25) is 4.79 Å². The molecule has 150 valence electrons. The molecule has 0 saturated carbocycles. The van der Waals surface area contributed by atoms with Crippen LogP contribution >= 0.6 is 0 Å². The largest absolute Gasteiger partial charge is 0.573 e. The lowest BCUT2D eigenvalue weighted by atomic mass is 10.1. The van der Waals surface area contributed by atoms with Gasteiger partial charge in [0.25, 0.3) is 5.91 Å². The van der Waals surface area contributed by atoms with Crippen molar-refractivity contribution < 1.29 is 36.8 Å². The van der Waals surface area contributed by atoms with E-state index in [1.807, 2.05) is 0 Å². The van der Waals surface area contributed by atoms with E-state index in [1.54, 1.807) is 30.3 Å². The number of para-hydroxylation sites is 1. The molecule has 0 aliphatic rings. The van der Waals surface area contributed by atoms with Crippen molar-refractivity contribution in [3.05, 3.63) is 71.6 Å². The molecule has 0 spiro atoms. The standard InChI is InChI=1S/C19H13F3N2O5/c1-11-15(16(24-29-11)18(26)27-13-5-3-2-4-6-13)17(25)23-12-7-9-14(10-8-12)28-19(20,21)22/h2-10H,1H3,(H,23,25). The fraction of sp³-hybridized carbons (Fsp3) is 0.105.